The molecule has 1 spiro atoms. The number of rotatable bonds is 2. The van der Waals surface area contributed by atoms with Gasteiger partial charge in [-0.1, -0.05) is 42.3 Å². The molecule has 108 valence electrons. The van der Waals surface area contributed by atoms with Crippen molar-refractivity contribution in [1.29, 1.82) is 0 Å². The van der Waals surface area contributed by atoms with Gasteiger partial charge in [0.1, 0.15) is 0 Å². The highest BCUT2D eigenvalue weighted by Gasteiger charge is 2.60. The molecule has 0 aromatic heterocycles. The van der Waals surface area contributed by atoms with Gasteiger partial charge < -0.3 is 5.73 Å². The predicted octanol–water partition coefficient (Wildman–Crippen LogP) is 3.16. The third kappa shape index (κ3) is 1.72. The molecule has 5 heteroatoms. The summed E-state index contributed by atoms with van der Waals surface area (Å²) < 4.78 is 1.04. The van der Waals surface area contributed by atoms with Gasteiger partial charge in [-0.05, 0) is 30.5 Å². The summed E-state index contributed by atoms with van der Waals surface area (Å²) in [6.45, 7) is 4.45. The van der Waals surface area contributed by atoms with E-state index in [9.17, 15) is 0 Å². The minimum atomic E-state index is -0.680. The summed E-state index contributed by atoms with van der Waals surface area (Å²) >= 11 is 3.55. The van der Waals surface area contributed by atoms with Crippen LogP contribution < -0.4 is 5.73 Å². The Morgan fingerprint density at radius 2 is 2.25 bits per heavy atom. The van der Waals surface area contributed by atoms with E-state index in [2.05, 4.69) is 48.0 Å². The maximum atomic E-state index is 6.16. The van der Waals surface area contributed by atoms with E-state index in [-0.39, 0.29) is 5.41 Å². The molecule has 1 aliphatic carbocycles. The van der Waals surface area contributed by atoms with Gasteiger partial charge in [-0.25, -0.2) is 14.9 Å². The zero-order valence-corrected chi connectivity index (χ0v) is 13.7. The van der Waals surface area contributed by atoms with Crippen LogP contribution in [-0.4, -0.2) is 18.1 Å². The Bertz CT molecular complexity index is 588. The predicted molar refractivity (Wildman–Crippen MR) is 83.0 cm³/mol. The Morgan fingerprint density at radius 1 is 1.50 bits per heavy atom. The van der Waals surface area contributed by atoms with E-state index in [1.165, 1.54) is 5.56 Å². The Labute approximate surface area is 128 Å². The van der Waals surface area contributed by atoms with Gasteiger partial charge in [-0.2, -0.15) is 0 Å². The fourth-order valence-corrected chi connectivity index (χ4v) is 3.91. The zero-order valence-electron chi connectivity index (χ0n) is 12.1. The first-order chi connectivity index (χ1) is 9.42. The topological polar surface area (TPSA) is 50.8 Å². The first-order valence-electron chi connectivity index (χ1n) is 6.99. The van der Waals surface area contributed by atoms with Crippen molar-refractivity contribution in [3.05, 3.63) is 33.8 Å². The van der Waals surface area contributed by atoms with Gasteiger partial charge in [0.15, 0.2) is 0 Å². The fraction of sp³-hybridized carbons (Fsp3) is 0.533. The summed E-state index contributed by atoms with van der Waals surface area (Å²) in [6.07, 6.45) is 3.11. The summed E-state index contributed by atoms with van der Waals surface area (Å²) in [5.74, 6) is 0.445. The number of nitrogens with two attached hydrogens (primary N) is 1. The number of aliphatic imine (C=N–C) groups is 1. The van der Waals surface area contributed by atoms with Gasteiger partial charge in [-0.3, -0.25) is 0 Å². The van der Waals surface area contributed by atoms with Crippen molar-refractivity contribution in [2.45, 2.75) is 38.8 Å². The SMILES string of the molecule is CCCC1(C)Cc2ccc(Br)cc2C12N=C(N)N(C)O2. The van der Waals surface area contributed by atoms with Crippen LogP contribution in [-0.2, 0) is 17.0 Å². The molecule has 0 bridgehead atoms. The van der Waals surface area contributed by atoms with E-state index < -0.39 is 5.72 Å². The second-order valence-electron chi connectivity index (χ2n) is 5.99. The van der Waals surface area contributed by atoms with E-state index in [0.29, 0.717) is 5.96 Å². The highest BCUT2D eigenvalue weighted by atomic mass is 79.9. The lowest BCUT2D eigenvalue weighted by atomic mass is 9.76. The van der Waals surface area contributed by atoms with Crippen molar-refractivity contribution < 1.29 is 4.84 Å². The Balaban J connectivity index is 2.20. The van der Waals surface area contributed by atoms with E-state index in [0.717, 1.165) is 29.3 Å². The van der Waals surface area contributed by atoms with Crippen molar-refractivity contribution >= 4 is 21.9 Å². The molecule has 2 N–H and O–H groups in total. The molecular formula is C15H20BrN3O. The van der Waals surface area contributed by atoms with Crippen molar-refractivity contribution in [2.24, 2.45) is 16.1 Å². The van der Waals surface area contributed by atoms with Gasteiger partial charge in [-0.15, -0.1) is 0 Å². The minimum absolute atomic E-state index is 0.0692. The van der Waals surface area contributed by atoms with Crippen LogP contribution in [0, 0.1) is 5.41 Å². The lowest BCUT2D eigenvalue weighted by Crippen LogP contribution is -2.41. The Kier molecular flexibility index (Phi) is 3.10. The summed E-state index contributed by atoms with van der Waals surface area (Å²) in [7, 11) is 1.82. The van der Waals surface area contributed by atoms with Gasteiger partial charge in [0.25, 0.3) is 0 Å². The van der Waals surface area contributed by atoms with Crippen molar-refractivity contribution in [3.8, 4) is 0 Å². The van der Waals surface area contributed by atoms with E-state index in [4.69, 9.17) is 15.6 Å². The molecule has 0 saturated carbocycles. The van der Waals surface area contributed by atoms with Crippen LogP contribution in [0.5, 0.6) is 0 Å². The van der Waals surface area contributed by atoms with Gasteiger partial charge >= 0.3 is 0 Å². The van der Waals surface area contributed by atoms with Crippen LogP contribution in [0.4, 0.5) is 0 Å². The molecule has 1 aromatic rings. The molecule has 1 aromatic carbocycles. The maximum Gasteiger partial charge on any atom is 0.220 e. The van der Waals surface area contributed by atoms with Gasteiger partial charge in [0.05, 0.1) is 0 Å². The average Bonchev–Trinajstić information content (AvgIpc) is 2.79. The number of halogens is 1. The monoisotopic (exact) mass is 337 g/mol. The largest absolute Gasteiger partial charge is 0.368 e. The third-order valence-electron chi connectivity index (χ3n) is 4.50. The molecule has 2 aliphatic rings. The molecule has 0 amide bonds. The number of benzene rings is 1. The molecule has 2 unspecified atom stereocenters. The fourth-order valence-electron chi connectivity index (χ4n) is 3.54. The van der Waals surface area contributed by atoms with Crippen LogP contribution in [0.3, 0.4) is 0 Å². The molecule has 1 heterocycles. The van der Waals surface area contributed by atoms with E-state index in [1.54, 1.807) is 5.06 Å². The molecule has 0 radical (unpaired) electrons. The number of hydrogen-bond donors (Lipinski definition) is 1. The van der Waals surface area contributed by atoms with Crippen LogP contribution in [0.15, 0.2) is 27.7 Å². The van der Waals surface area contributed by atoms with Crippen LogP contribution >= 0.6 is 15.9 Å². The average molecular weight is 338 g/mol. The number of hydroxylamine groups is 2. The first-order valence-corrected chi connectivity index (χ1v) is 7.78. The van der Waals surface area contributed by atoms with Crippen molar-refractivity contribution in [2.75, 3.05) is 7.05 Å². The lowest BCUT2D eigenvalue weighted by Gasteiger charge is -2.37. The quantitative estimate of drug-likeness (QED) is 0.901. The number of hydrogen-bond acceptors (Lipinski definition) is 4. The summed E-state index contributed by atoms with van der Waals surface area (Å²) in [4.78, 5) is 10.9. The standard InChI is InChI=1S/C15H20BrN3O/c1-4-7-14(2)9-10-5-6-11(16)8-12(10)15(14)18-13(17)19(3)20-15/h5-6,8H,4,7,9H2,1-3H3,(H2,17,18). The van der Waals surface area contributed by atoms with Crippen LogP contribution in [0.1, 0.15) is 37.8 Å². The van der Waals surface area contributed by atoms with E-state index in [1.807, 2.05) is 7.05 Å². The smallest absolute Gasteiger partial charge is 0.220 e. The molecule has 0 saturated heterocycles. The minimum Gasteiger partial charge on any atom is -0.368 e. The molecular weight excluding hydrogens is 318 g/mol. The zero-order chi connectivity index (χ0) is 14.5. The number of fused-ring (bicyclic) bond motifs is 2. The second kappa shape index (κ2) is 4.46. The number of nitrogens with zero attached hydrogens (tertiary/aromatic N) is 2. The third-order valence-corrected chi connectivity index (χ3v) is 4.99. The van der Waals surface area contributed by atoms with Gasteiger partial charge in [0.2, 0.25) is 11.7 Å². The molecule has 4 nitrogen and oxygen atoms in total. The van der Waals surface area contributed by atoms with E-state index >= 15 is 0 Å². The summed E-state index contributed by atoms with van der Waals surface area (Å²) in [6, 6.07) is 6.36. The second-order valence-corrected chi connectivity index (χ2v) is 6.91. The normalized spacial score (nSPS) is 31.8. The highest BCUT2D eigenvalue weighted by molar-refractivity contribution is 9.10. The first kappa shape index (κ1) is 13.9. The lowest BCUT2D eigenvalue weighted by molar-refractivity contribution is -0.219. The molecule has 3 rings (SSSR count). The molecule has 2 atom stereocenters. The summed E-state index contributed by atoms with van der Waals surface area (Å²) in [5, 5.41) is 1.59. The molecule has 0 fully saturated rings. The van der Waals surface area contributed by atoms with Crippen molar-refractivity contribution in [3.63, 3.8) is 0 Å². The summed E-state index contributed by atoms with van der Waals surface area (Å²) in [5.41, 5.74) is 7.67. The highest BCUT2D eigenvalue weighted by Crippen LogP contribution is 2.58. The van der Waals surface area contributed by atoms with Gasteiger partial charge in [0, 0.05) is 22.5 Å². The Morgan fingerprint density at radius 3 is 2.85 bits per heavy atom. The van der Waals surface area contributed by atoms with Crippen LogP contribution in [0.25, 0.3) is 0 Å². The number of guanidine groups is 1. The molecule has 20 heavy (non-hydrogen) atoms. The Hall–Kier alpha value is -1.07. The maximum absolute atomic E-state index is 6.16. The van der Waals surface area contributed by atoms with Crippen molar-refractivity contribution in [1.82, 2.24) is 5.06 Å². The van der Waals surface area contributed by atoms with Crippen LogP contribution in [0.2, 0.25) is 0 Å². The molecule has 1 aliphatic heterocycles.